The first-order chi connectivity index (χ1) is 8.66. The van der Waals surface area contributed by atoms with Gasteiger partial charge in [0.2, 0.25) is 0 Å². The van der Waals surface area contributed by atoms with Crippen LogP contribution >= 0.6 is 15.9 Å². The van der Waals surface area contributed by atoms with Crippen molar-refractivity contribution in [1.82, 2.24) is 0 Å². The minimum absolute atomic E-state index is 1.12. The van der Waals surface area contributed by atoms with E-state index in [4.69, 9.17) is 0 Å². The van der Waals surface area contributed by atoms with Crippen LogP contribution in [-0.2, 0) is 0 Å². The fourth-order valence-electron chi connectivity index (χ4n) is 1.68. The van der Waals surface area contributed by atoms with Crippen LogP contribution in [0, 0.1) is 0 Å². The van der Waals surface area contributed by atoms with Gasteiger partial charge in [0.05, 0.1) is 0 Å². The van der Waals surface area contributed by atoms with Gasteiger partial charge < -0.3 is 4.90 Å². The van der Waals surface area contributed by atoms with Gasteiger partial charge in [0.1, 0.15) is 0 Å². The van der Waals surface area contributed by atoms with E-state index in [-0.39, 0.29) is 0 Å². The fraction of sp³-hybridized carbons (Fsp3) is 0.125. The SMILES string of the molecule is CN(C)c1ccc(C=Cc2ccccc2Br)cc1. The Morgan fingerprint density at radius 1 is 0.889 bits per heavy atom. The number of halogens is 1. The molecule has 0 amide bonds. The van der Waals surface area contributed by atoms with Gasteiger partial charge in [-0.05, 0) is 29.3 Å². The van der Waals surface area contributed by atoms with Crippen LogP contribution in [0.15, 0.2) is 53.0 Å². The van der Waals surface area contributed by atoms with E-state index in [1.807, 2.05) is 26.2 Å². The maximum Gasteiger partial charge on any atom is 0.0361 e. The van der Waals surface area contributed by atoms with Crippen molar-refractivity contribution in [3.05, 3.63) is 64.1 Å². The van der Waals surface area contributed by atoms with E-state index >= 15 is 0 Å². The molecule has 1 nitrogen and oxygen atoms in total. The molecule has 0 aromatic heterocycles. The lowest BCUT2D eigenvalue weighted by Crippen LogP contribution is -2.07. The summed E-state index contributed by atoms with van der Waals surface area (Å²) < 4.78 is 1.12. The minimum Gasteiger partial charge on any atom is -0.378 e. The third kappa shape index (κ3) is 3.23. The lowest BCUT2D eigenvalue weighted by atomic mass is 10.1. The summed E-state index contributed by atoms with van der Waals surface area (Å²) >= 11 is 3.54. The second kappa shape index (κ2) is 5.87. The molecule has 0 radical (unpaired) electrons. The van der Waals surface area contributed by atoms with Crippen LogP contribution in [0.3, 0.4) is 0 Å². The molecule has 0 N–H and O–H groups in total. The van der Waals surface area contributed by atoms with Gasteiger partial charge in [-0.3, -0.25) is 0 Å². The predicted octanol–water partition coefficient (Wildman–Crippen LogP) is 4.69. The highest BCUT2D eigenvalue weighted by Crippen LogP contribution is 2.19. The molecule has 2 aromatic rings. The van der Waals surface area contributed by atoms with E-state index in [0.717, 1.165) is 4.47 Å². The van der Waals surface area contributed by atoms with Crippen molar-refractivity contribution in [1.29, 1.82) is 0 Å². The van der Waals surface area contributed by atoms with E-state index in [0.29, 0.717) is 0 Å². The molecule has 0 heterocycles. The van der Waals surface area contributed by atoms with Crippen molar-refractivity contribution < 1.29 is 0 Å². The molecule has 0 aliphatic rings. The molecule has 0 aliphatic heterocycles. The molecule has 0 spiro atoms. The Morgan fingerprint density at radius 3 is 2.17 bits per heavy atom. The summed E-state index contributed by atoms with van der Waals surface area (Å²) in [5.74, 6) is 0. The Morgan fingerprint density at radius 2 is 1.56 bits per heavy atom. The molecule has 0 aliphatic carbocycles. The molecular weight excluding hydrogens is 286 g/mol. The number of hydrogen-bond donors (Lipinski definition) is 0. The molecule has 2 heteroatoms. The molecule has 0 saturated carbocycles. The van der Waals surface area contributed by atoms with Gasteiger partial charge in [-0.2, -0.15) is 0 Å². The number of benzene rings is 2. The molecular formula is C16H16BrN. The first-order valence-corrected chi connectivity index (χ1v) is 6.66. The topological polar surface area (TPSA) is 3.24 Å². The van der Waals surface area contributed by atoms with Crippen LogP contribution in [0.2, 0.25) is 0 Å². The molecule has 2 aromatic carbocycles. The van der Waals surface area contributed by atoms with Crippen LogP contribution in [0.1, 0.15) is 11.1 Å². The quantitative estimate of drug-likeness (QED) is 0.744. The zero-order chi connectivity index (χ0) is 13.0. The Labute approximate surface area is 117 Å². The molecule has 18 heavy (non-hydrogen) atoms. The van der Waals surface area contributed by atoms with Crippen molar-refractivity contribution in [2.45, 2.75) is 0 Å². The van der Waals surface area contributed by atoms with Crippen LogP contribution in [0.25, 0.3) is 12.2 Å². The van der Waals surface area contributed by atoms with E-state index < -0.39 is 0 Å². The van der Waals surface area contributed by atoms with Crippen LogP contribution in [0.5, 0.6) is 0 Å². The summed E-state index contributed by atoms with van der Waals surface area (Å²) in [4.78, 5) is 2.10. The Balaban J connectivity index is 2.17. The Bertz CT molecular complexity index is 541. The van der Waals surface area contributed by atoms with Gasteiger partial charge in [-0.1, -0.05) is 58.4 Å². The summed E-state index contributed by atoms with van der Waals surface area (Å²) in [6.45, 7) is 0. The highest BCUT2D eigenvalue weighted by atomic mass is 79.9. The van der Waals surface area contributed by atoms with E-state index in [1.165, 1.54) is 16.8 Å². The summed E-state index contributed by atoms with van der Waals surface area (Å²) in [5, 5.41) is 0. The highest BCUT2D eigenvalue weighted by Gasteiger charge is 1.95. The smallest absolute Gasteiger partial charge is 0.0361 e. The van der Waals surface area contributed by atoms with Crippen molar-refractivity contribution in [2.24, 2.45) is 0 Å². The second-order valence-corrected chi connectivity index (χ2v) is 5.20. The predicted molar refractivity (Wildman–Crippen MR) is 83.8 cm³/mol. The van der Waals surface area contributed by atoms with Crippen LogP contribution in [-0.4, -0.2) is 14.1 Å². The first kappa shape index (κ1) is 12.9. The van der Waals surface area contributed by atoms with Crippen LogP contribution < -0.4 is 4.90 Å². The third-order valence-corrected chi connectivity index (χ3v) is 3.49. The van der Waals surface area contributed by atoms with E-state index in [2.05, 4.69) is 69.4 Å². The molecule has 0 unspecified atom stereocenters. The van der Waals surface area contributed by atoms with E-state index in [1.54, 1.807) is 0 Å². The Kier molecular flexibility index (Phi) is 4.21. The average Bonchev–Trinajstić information content (AvgIpc) is 2.38. The summed E-state index contributed by atoms with van der Waals surface area (Å²) in [6, 6.07) is 16.7. The molecule has 0 atom stereocenters. The monoisotopic (exact) mass is 301 g/mol. The molecule has 0 bridgehead atoms. The van der Waals surface area contributed by atoms with E-state index in [9.17, 15) is 0 Å². The normalized spacial score (nSPS) is 10.8. The first-order valence-electron chi connectivity index (χ1n) is 5.87. The lowest BCUT2D eigenvalue weighted by Gasteiger charge is -2.11. The largest absolute Gasteiger partial charge is 0.378 e. The number of rotatable bonds is 3. The fourth-order valence-corrected chi connectivity index (χ4v) is 2.10. The van der Waals surface area contributed by atoms with Gasteiger partial charge in [-0.25, -0.2) is 0 Å². The van der Waals surface area contributed by atoms with Gasteiger partial charge in [0.15, 0.2) is 0 Å². The maximum absolute atomic E-state index is 3.54. The van der Waals surface area contributed by atoms with Crippen molar-refractivity contribution in [3.63, 3.8) is 0 Å². The molecule has 0 fully saturated rings. The highest BCUT2D eigenvalue weighted by molar-refractivity contribution is 9.10. The zero-order valence-electron chi connectivity index (χ0n) is 10.6. The standard InChI is InChI=1S/C16H16BrN/c1-18(2)15-11-8-13(9-12-15)7-10-14-5-3-4-6-16(14)17/h3-12H,1-2H3. The molecule has 92 valence electrons. The summed E-state index contributed by atoms with van der Waals surface area (Å²) in [7, 11) is 4.10. The minimum atomic E-state index is 1.12. The lowest BCUT2D eigenvalue weighted by molar-refractivity contribution is 1.13. The van der Waals surface area contributed by atoms with Crippen LogP contribution in [0.4, 0.5) is 5.69 Å². The number of anilines is 1. The van der Waals surface area contributed by atoms with Crippen molar-refractivity contribution in [3.8, 4) is 0 Å². The second-order valence-electron chi connectivity index (χ2n) is 4.34. The maximum atomic E-state index is 3.54. The summed E-state index contributed by atoms with van der Waals surface area (Å²) in [6.07, 6.45) is 4.24. The number of hydrogen-bond acceptors (Lipinski definition) is 1. The Hall–Kier alpha value is -1.54. The third-order valence-electron chi connectivity index (χ3n) is 2.77. The summed E-state index contributed by atoms with van der Waals surface area (Å²) in [5.41, 5.74) is 3.61. The van der Waals surface area contributed by atoms with Gasteiger partial charge in [-0.15, -0.1) is 0 Å². The molecule has 0 saturated heterocycles. The molecule has 2 rings (SSSR count). The van der Waals surface area contributed by atoms with Crippen molar-refractivity contribution in [2.75, 3.05) is 19.0 Å². The van der Waals surface area contributed by atoms with Gasteiger partial charge >= 0.3 is 0 Å². The number of nitrogens with zero attached hydrogens (tertiary/aromatic N) is 1. The zero-order valence-corrected chi connectivity index (χ0v) is 12.2. The van der Waals surface area contributed by atoms with Gasteiger partial charge in [0, 0.05) is 24.3 Å². The van der Waals surface area contributed by atoms with Gasteiger partial charge in [0.25, 0.3) is 0 Å². The average molecular weight is 302 g/mol. The van der Waals surface area contributed by atoms with Crippen molar-refractivity contribution >= 4 is 33.8 Å².